The standard InChI is InChI=1S/C16H24N4O.ClH/c1-19(13-7-11-5-6-12(8-13)17-11)16(21)14-9-15(10-3-4-10)20(2)18-14;/h9-13,17H,3-8H2,1-2H3;1H. The highest BCUT2D eigenvalue weighted by atomic mass is 35.5. The summed E-state index contributed by atoms with van der Waals surface area (Å²) in [6, 6.07) is 3.58. The zero-order valence-corrected chi connectivity index (χ0v) is 14.1. The molecule has 122 valence electrons. The Morgan fingerprint density at radius 2 is 1.91 bits per heavy atom. The number of carbonyl (C=O) groups is 1. The normalized spacial score (nSPS) is 30.0. The molecule has 5 nitrogen and oxygen atoms in total. The molecule has 4 rings (SSSR count). The maximum atomic E-state index is 12.7. The molecule has 2 aliphatic heterocycles. The van der Waals surface area contributed by atoms with E-state index in [2.05, 4.69) is 10.4 Å². The number of halogens is 1. The molecule has 2 saturated heterocycles. The summed E-state index contributed by atoms with van der Waals surface area (Å²) in [7, 11) is 3.90. The molecule has 6 heteroatoms. The molecular formula is C16H25ClN4O. The molecule has 1 aromatic heterocycles. The van der Waals surface area contributed by atoms with E-state index in [4.69, 9.17) is 0 Å². The van der Waals surface area contributed by atoms with Crippen LogP contribution in [0.1, 0.15) is 60.6 Å². The number of amides is 1. The first-order chi connectivity index (χ1) is 10.1. The van der Waals surface area contributed by atoms with E-state index in [0.29, 0.717) is 29.7 Å². The molecule has 3 aliphatic rings. The Morgan fingerprint density at radius 3 is 2.50 bits per heavy atom. The van der Waals surface area contributed by atoms with Crippen LogP contribution in [0.15, 0.2) is 6.07 Å². The Morgan fingerprint density at radius 1 is 1.27 bits per heavy atom. The second-order valence-electron chi connectivity index (χ2n) is 7.03. The largest absolute Gasteiger partial charge is 0.337 e. The highest BCUT2D eigenvalue weighted by Gasteiger charge is 2.37. The third-order valence-corrected chi connectivity index (χ3v) is 5.45. The van der Waals surface area contributed by atoms with Gasteiger partial charge in [0.2, 0.25) is 0 Å². The van der Waals surface area contributed by atoms with Crippen molar-refractivity contribution in [2.45, 2.75) is 62.6 Å². The maximum absolute atomic E-state index is 12.7. The van der Waals surface area contributed by atoms with Crippen molar-refractivity contribution in [3.05, 3.63) is 17.5 Å². The van der Waals surface area contributed by atoms with Crippen LogP contribution in [0.4, 0.5) is 0 Å². The van der Waals surface area contributed by atoms with Gasteiger partial charge in [-0.05, 0) is 44.6 Å². The predicted molar refractivity (Wildman–Crippen MR) is 87.5 cm³/mol. The lowest BCUT2D eigenvalue weighted by atomic mass is 9.98. The number of aryl methyl sites for hydroxylation is 1. The van der Waals surface area contributed by atoms with Crippen molar-refractivity contribution in [2.75, 3.05) is 7.05 Å². The molecule has 3 fully saturated rings. The Balaban J connectivity index is 0.00000144. The van der Waals surface area contributed by atoms with Crippen LogP contribution in [0.5, 0.6) is 0 Å². The van der Waals surface area contributed by atoms with Crippen LogP contribution >= 0.6 is 12.4 Å². The fourth-order valence-electron chi connectivity index (χ4n) is 4.04. The van der Waals surface area contributed by atoms with Gasteiger partial charge in [0.1, 0.15) is 0 Å². The van der Waals surface area contributed by atoms with E-state index in [1.54, 1.807) is 0 Å². The smallest absolute Gasteiger partial charge is 0.274 e. The number of hydrogen-bond acceptors (Lipinski definition) is 3. The van der Waals surface area contributed by atoms with Crippen molar-refractivity contribution >= 4 is 18.3 Å². The van der Waals surface area contributed by atoms with Crippen LogP contribution in [0, 0.1) is 0 Å². The van der Waals surface area contributed by atoms with E-state index >= 15 is 0 Å². The predicted octanol–water partition coefficient (Wildman–Crippen LogP) is 2.07. The van der Waals surface area contributed by atoms with Crippen molar-refractivity contribution in [1.82, 2.24) is 20.0 Å². The lowest BCUT2D eigenvalue weighted by Crippen LogP contribution is -2.48. The molecule has 22 heavy (non-hydrogen) atoms. The zero-order chi connectivity index (χ0) is 14.6. The van der Waals surface area contributed by atoms with Gasteiger partial charge in [0.25, 0.3) is 5.91 Å². The quantitative estimate of drug-likeness (QED) is 0.926. The Bertz CT molecular complexity index is 556. The summed E-state index contributed by atoms with van der Waals surface area (Å²) >= 11 is 0. The number of piperidine rings is 1. The summed E-state index contributed by atoms with van der Waals surface area (Å²) < 4.78 is 1.89. The first kappa shape index (κ1) is 15.8. The molecule has 1 aromatic rings. The summed E-state index contributed by atoms with van der Waals surface area (Å²) in [6.45, 7) is 0. The minimum Gasteiger partial charge on any atom is -0.337 e. The van der Waals surface area contributed by atoms with E-state index in [-0.39, 0.29) is 18.3 Å². The highest BCUT2D eigenvalue weighted by Crippen LogP contribution is 2.40. The Hall–Kier alpha value is -1.07. The molecule has 1 aliphatic carbocycles. The number of nitrogens with zero attached hydrogens (tertiary/aromatic N) is 3. The summed E-state index contributed by atoms with van der Waals surface area (Å²) in [4.78, 5) is 14.7. The van der Waals surface area contributed by atoms with Gasteiger partial charge in [0, 0.05) is 43.8 Å². The van der Waals surface area contributed by atoms with Gasteiger partial charge in [0.05, 0.1) is 0 Å². The summed E-state index contributed by atoms with van der Waals surface area (Å²) in [5, 5.41) is 8.08. The fourth-order valence-corrected chi connectivity index (χ4v) is 4.04. The maximum Gasteiger partial charge on any atom is 0.274 e. The molecule has 3 heterocycles. The van der Waals surface area contributed by atoms with Crippen molar-refractivity contribution in [3.63, 3.8) is 0 Å². The SMILES string of the molecule is CN(C(=O)c1cc(C2CC2)n(C)n1)C1CC2CCC(C1)N2.Cl. The lowest BCUT2D eigenvalue weighted by Gasteiger charge is -2.35. The van der Waals surface area contributed by atoms with Crippen LogP contribution in [0.3, 0.4) is 0 Å². The molecule has 1 amide bonds. The minimum absolute atomic E-state index is 0. The van der Waals surface area contributed by atoms with Gasteiger partial charge < -0.3 is 10.2 Å². The van der Waals surface area contributed by atoms with Gasteiger partial charge >= 0.3 is 0 Å². The van der Waals surface area contributed by atoms with E-state index in [1.165, 1.54) is 31.4 Å². The zero-order valence-electron chi connectivity index (χ0n) is 13.3. The molecule has 1 saturated carbocycles. The Labute approximate surface area is 137 Å². The molecule has 2 atom stereocenters. The topological polar surface area (TPSA) is 50.2 Å². The summed E-state index contributed by atoms with van der Waals surface area (Å²) in [5.74, 6) is 0.716. The molecule has 1 N–H and O–H groups in total. The van der Waals surface area contributed by atoms with Crippen LogP contribution in [0.2, 0.25) is 0 Å². The number of hydrogen-bond donors (Lipinski definition) is 1. The van der Waals surface area contributed by atoms with E-state index in [9.17, 15) is 4.79 Å². The molecule has 2 bridgehead atoms. The molecule has 0 spiro atoms. The molecule has 0 aromatic carbocycles. The van der Waals surface area contributed by atoms with Crippen LogP contribution in [-0.4, -0.2) is 45.8 Å². The highest BCUT2D eigenvalue weighted by molar-refractivity contribution is 5.92. The number of fused-ring (bicyclic) bond motifs is 2. The summed E-state index contributed by atoms with van der Waals surface area (Å²) in [5.41, 5.74) is 1.84. The second-order valence-corrected chi connectivity index (χ2v) is 7.03. The van der Waals surface area contributed by atoms with E-state index in [0.717, 1.165) is 12.8 Å². The monoisotopic (exact) mass is 324 g/mol. The van der Waals surface area contributed by atoms with Gasteiger partial charge in [-0.15, -0.1) is 12.4 Å². The van der Waals surface area contributed by atoms with Gasteiger partial charge in [-0.25, -0.2) is 0 Å². The van der Waals surface area contributed by atoms with Gasteiger partial charge in [0.15, 0.2) is 5.69 Å². The molecule has 0 radical (unpaired) electrons. The number of aromatic nitrogens is 2. The number of rotatable bonds is 3. The third-order valence-electron chi connectivity index (χ3n) is 5.45. The number of carbonyl (C=O) groups excluding carboxylic acids is 1. The van der Waals surface area contributed by atoms with Gasteiger partial charge in [-0.1, -0.05) is 0 Å². The van der Waals surface area contributed by atoms with Crippen molar-refractivity contribution in [2.24, 2.45) is 7.05 Å². The summed E-state index contributed by atoms with van der Waals surface area (Å²) in [6.07, 6.45) is 7.17. The van der Waals surface area contributed by atoms with E-state index in [1.807, 2.05) is 29.7 Å². The average molecular weight is 325 g/mol. The third kappa shape index (κ3) is 2.76. The van der Waals surface area contributed by atoms with Crippen molar-refractivity contribution in [1.29, 1.82) is 0 Å². The second kappa shape index (κ2) is 5.85. The van der Waals surface area contributed by atoms with Crippen LogP contribution < -0.4 is 5.32 Å². The first-order valence-electron chi connectivity index (χ1n) is 8.19. The average Bonchev–Trinajstić information content (AvgIpc) is 3.18. The number of nitrogens with one attached hydrogen (secondary N) is 1. The lowest BCUT2D eigenvalue weighted by molar-refractivity contribution is 0.0675. The minimum atomic E-state index is 0. The van der Waals surface area contributed by atoms with Gasteiger partial charge in [-0.2, -0.15) is 5.10 Å². The van der Waals surface area contributed by atoms with Crippen molar-refractivity contribution < 1.29 is 4.79 Å². The molecule has 2 unspecified atom stereocenters. The van der Waals surface area contributed by atoms with Crippen molar-refractivity contribution in [3.8, 4) is 0 Å². The van der Waals surface area contributed by atoms with E-state index < -0.39 is 0 Å². The Kier molecular flexibility index (Phi) is 4.21. The van der Waals surface area contributed by atoms with Gasteiger partial charge in [-0.3, -0.25) is 9.48 Å². The first-order valence-corrected chi connectivity index (χ1v) is 8.19. The van der Waals surface area contributed by atoms with Crippen LogP contribution in [0.25, 0.3) is 0 Å². The van der Waals surface area contributed by atoms with Crippen LogP contribution in [-0.2, 0) is 7.05 Å². The molecular weight excluding hydrogens is 300 g/mol. The fraction of sp³-hybridized carbons (Fsp3) is 0.750.